The van der Waals surface area contributed by atoms with Crippen molar-refractivity contribution in [2.24, 2.45) is 0 Å². The molecule has 1 heterocycles. The fourth-order valence-corrected chi connectivity index (χ4v) is 2.51. The third-order valence-corrected chi connectivity index (χ3v) is 3.89. The van der Waals surface area contributed by atoms with E-state index in [2.05, 4.69) is 9.59 Å². The lowest BCUT2D eigenvalue weighted by Gasteiger charge is -2.08. The zero-order valence-corrected chi connectivity index (χ0v) is 13.2. The summed E-state index contributed by atoms with van der Waals surface area (Å²) in [7, 11) is 0. The van der Waals surface area contributed by atoms with Crippen molar-refractivity contribution < 1.29 is 14.3 Å². The Balaban J connectivity index is 1.64. The van der Waals surface area contributed by atoms with Crippen LogP contribution in [0.4, 0.5) is 0 Å². The van der Waals surface area contributed by atoms with Crippen LogP contribution in [0.3, 0.4) is 0 Å². The van der Waals surface area contributed by atoms with Gasteiger partial charge in [-0.25, -0.2) is 4.79 Å². The minimum Gasteiger partial charge on any atom is -0.457 e. The number of nitrogens with zero attached hydrogens (tertiary/aromatic N) is 2. The number of para-hydroxylation sites is 1. The molecule has 0 aliphatic rings. The maximum atomic E-state index is 12.0. The largest absolute Gasteiger partial charge is 0.457 e. The van der Waals surface area contributed by atoms with E-state index in [0.29, 0.717) is 16.3 Å². The number of hydrogen-bond donors (Lipinski definition) is 0. The summed E-state index contributed by atoms with van der Waals surface area (Å²) >= 11 is 1.04. The summed E-state index contributed by atoms with van der Waals surface area (Å²) in [6.07, 6.45) is 0. The molecule has 0 fully saturated rings. The molecule has 116 valence electrons. The van der Waals surface area contributed by atoms with E-state index in [1.807, 2.05) is 54.6 Å². The molecule has 6 heteroatoms. The lowest BCUT2D eigenvalue weighted by Crippen LogP contribution is -2.05. The first-order valence-electron chi connectivity index (χ1n) is 7.00. The van der Waals surface area contributed by atoms with Gasteiger partial charge in [0.25, 0.3) is 0 Å². The Bertz CT molecular complexity index is 802. The molecule has 0 spiro atoms. The Labute approximate surface area is 137 Å². The van der Waals surface area contributed by atoms with Crippen LogP contribution in [0.2, 0.25) is 0 Å². The standard InChI is InChI=1S/C17H14N2O3S/c1-12-16(23-19-18-12)17(20)21-11-13-6-5-9-15(10-13)22-14-7-3-2-4-8-14/h2-10H,11H2,1H3. The van der Waals surface area contributed by atoms with Gasteiger partial charge in [0.2, 0.25) is 0 Å². The molecule has 3 aromatic rings. The zero-order chi connectivity index (χ0) is 16.1. The number of hydrogen-bond acceptors (Lipinski definition) is 6. The highest BCUT2D eigenvalue weighted by atomic mass is 32.1. The average molecular weight is 326 g/mol. The van der Waals surface area contributed by atoms with Crippen molar-refractivity contribution in [1.82, 2.24) is 9.59 Å². The van der Waals surface area contributed by atoms with Gasteiger partial charge in [-0.15, -0.1) is 5.10 Å². The second kappa shape index (κ2) is 7.02. The zero-order valence-electron chi connectivity index (χ0n) is 12.4. The molecule has 0 bridgehead atoms. The Kier molecular flexibility index (Phi) is 4.63. The van der Waals surface area contributed by atoms with E-state index in [1.54, 1.807) is 6.92 Å². The van der Waals surface area contributed by atoms with E-state index in [4.69, 9.17) is 9.47 Å². The molecule has 23 heavy (non-hydrogen) atoms. The summed E-state index contributed by atoms with van der Waals surface area (Å²) in [4.78, 5) is 12.4. The lowest BCUT2D eigenvalue weighted by atomic mass is 10.2. The van der Waals surface area contributed by atoms with Crippen molar-refractivity contribution in [2.75, 3.05) is 0 Å². The number of carbonyl (C=O) groups is 1. The monoisotopic (exact) mass is 326 g/mol. The topological polar surface area (TPSA) is 61.3 Å². The van der Waals surface area contributed by atoms with Gasteiger partial charge < -0.3 is 9.47 Å². The maximum absolute atomic E-state index is 12.0. The summed E-state index contributed by atoms with van der Waals surface area (Å²) in [6, 6.07) is 17.0. The van der Waals surface area contributed by atoms with Gasteiger partial charge in [-0.3, -0.25) is 0 Å². The van der Waals surface area contributed by atoms with Gasteiger partial charge in [0.05, 0.1) is 5.69 Å². The first kappa shape index (κ1) is 15.2. The van der Waals surface area contributed by atoms with Gasteiger partial charge in [0.1, 0.15) is 18.1 Å². The molecule has 0 radical (unpaired) electrons. The summed E-state index contributed by atoms with van der Waals surface area (Å²) < 4.78 is 14.8. The van der Waals surface area contributed by atoms with Crippen LogP contribution in [0.25, 0.3) is 0 Å². The van der Waals surface area contributed by atoms with Gasteiger partial charge in [0, 0.05) is 0 Å². The van der Waals surface area contributed by atoms with Gasteiger partial charge >= 0.3 is 5.97 Å². The molecule has 0 atom stereocenters. The van der Waals surface area contributed by atoms with E-state index < -0.39 is 5.97 Å². The fourth-order valence-electron chi connectivity index (χ4n) is 1.96. The number of carbonyl (C=O) groups excluding carboxylic acids is 1. The summed E-state index contributed by atoms with van der Waals surface area (Å²) in [5.41, 5.74) is 1.43. The van der Waals surface area contributed by atoms with E-state index >= 15 is 0 Å². The summed E-state index contributed by atoms with van der Waals surface area (Å²) in [6.45, 7) is 1.90. The first-order valence-corrected chi connectivity index (χ1v) is 7.77. The van der Waals surface area contributed by atoms with Crippen molar-refractivity contribution in [3.05, 3.63) is 70.7 Å². The summed E-state index contributed by atoms with van der Waals surface area (Å²) in [5, 5.41) is 3.80. The maximum Gasteiger partial charge on any atom is 0.352 e. The molecular weight excluding hydrogens is 312 g/mol. The van der Waals surface area contributed by atoms with E-state index in [9.17, 15) is 4.79 Å². The fraction of sp³-hybridized carbons (Fsp3) is 0.118. The molecule has 0 saturated carbocycles. The van der Waals surface area contributed by atoms with E-state index in [1.165, 1.54) is 0 Å². The third-order valence-electron chi connectivity index (χ3n) is 3.08. The Morgan fingerprint density at radius 3 is 2.61 bits per heavy atom. The first-order chi connectivity index (χ1) is 11.2. The van der Waals surface area contributed by atoms with Crippen LogP contribution in [0.15, 0.2) is 54.6 Å². The molecule has 0 N–H and O–H groups in total. The van der Waals surface area contributed by atoms with Crippen molar-refractivity contribution in [1.29, 1.82) is 0 Å². The van der Waals surface area contributed by atoms with E-state index in [-0.39, 0.29) is 6.61 Å². The van der Waals surface area contributed by atoms with Crippen LogP contribution in [-0.4, -0.2) is 15.6 Å². The van der Waals surface area contributed by atoms with Crippen molar-refractivity contribution in [3.63, 3.8) is 0 Å². The van der Waals surface area contributed by atoms with Gasteiger partial charge in [0.15, 0.2) is 4.88 Å². The van der Waals surface area contributed by atoms with E-state index in [0.717, 1.165) is 22.8 Å². The minimum absolute atomic E-state index is 0.169. The van der Waals surface area contributed by atoms with Crippen LogP contribution >= 0.6 is 11.5 Å². The summed E-state index contributed by atoms with van der Waals surface area (Å²) in [5.74, 6) is 1.04. The third kappa shape index (κ3) is 3.92. The lowest BCUT2D eigenvalue weighted by molar-refractivity contribution is 0.0477. The SMILES string of the molecule is Cc1nnsc1C(=O)OCc1cccc(Oc2ccccc2)c1. The quantitative estimate of drug-likeness (QED) is 0.663. The Morgan fingerprint density at radius 1 is 1.09 bits per heavy atom. The minimum atomic E-state index is -0.410. The number of esters is 1. The number of aromatic nitrogens is 2. The molecule has 1 aromatic heterocycles. The molecule has 0 saturated heterocycles. The molecule has 0 aliphatic carbocycles. The second-order valence-electron chi connectivity index (χ2n) is 4.83. The molecule has 2 aromatic carbocycles. The Morgan fingerprint density at radius 2 is 1.87 bits per heavy atom. The second-order valence-corrected chi connectivity index (χ2v) is 5.58. The molecule has 0 amide bonds. The number of benzene rings is 2. The highest BCUT2D eigenvalue weighted by molar-refractivity contribution is 7.07. The highest BCUT2D eigenvalue weighted by Gasteiger charge is 2.14. The van der Waals surface area contributed by atoms with Crippen LogP contribution in [0.5, 0.6) is 11.5 Å². The molecule has 0 unspecified atom stereocenters. The molecule has 5 nitrogen and oxygen atoms in total. The highest BCUT2D eigenvalue weighted by Crippen LogP contribution is 2.22. The predicted molar refractivity (Wildman–Crippen MR) is 86.7 cm³/mol. The van der Waals surface area contributed by atoms with Crippen molar-refractivity contribution in [3.8, 4) is 11.5 Å². The van der Waals surface area contributed by atoms with Crippen LogP contribution in [-0.2, 0) is 11.3 Å². The van der Waals surface area contributed by atoms with Crippen molar-refractivity contribution in [2.45, 2.75) is 13.5 Å². The van der Waals surface area contributed by atoms with Gasteiger partial charge in [-0.1, -0.05) is 34.8 Å². The predicted octanol–water partition coefficient (Wildman–Crippen LogP) is 4.00. The number of rotatable bonds is 5. The smallest absolute Gasteiger partial charge is 0.352 e. The van der Waals surface area contributed by atoms with Gasteiger partial charge in [-0.05, 0) is 48.3 Å². The molecule has 0 aliphatic heterocycles. The molecular formula is C17H14N2O3S. The normalized spacial score (nSPS) is 10.3. The van der Waals surface area contributed by atoms with Crippen LogP contribution in [0.1, 0.15) is 20.9 Å². The molecule has 3 rings (SSSR count). The average Bonchev–Trinajstić information content (AvgIpc) is 3.00. The van der Waals surface area contributed by atoms with Crippen LogP contribution in [0, 0.1) is 6.92 Å². The Hall–Kier alpha value is -2.73. The van der Waals surface area contributed by atoms with Gasteiger partial charge in [-0.2, -0.15) is 0 Å². The number of aryl methyl sites for hydroxylation is 1. The number of ether oxygens (including phenoxy) is 2. The van der Waals surface area contributed by atoms with Crippen molar-refractivity contribution >= 4 is 17.5 Å². The van der Waals surface area contributed by atoms with Crippen LogP contribution < -0.4 is 4.74 Å².